The molecule has 0 radical (unpaired) electrons. The lowest BCUT2D eigenvalue weighted by molar-refractivity contribution is 0.576. The van der Waals surface area contributed by atoms with Gasteiger partial charge >= 0.3 is 0 Å². The lowest BCUT2D eigenvalue weighted by atomic mass is 10.0. The molecule has 1 N–H and O–H groups in total. The lowest BCUT2D eigenvalue weighted by Gasteiger charge is -2.12. The van der Waals surface area contributed by atoms with Crippen LogP contribution in [0.2, 0.25) is 0 Å². The van der Waals surface area contributed by atoms with Gasteiger partial charge < -0.3 is 5.32 Å². The molecule has 1 heterocycles. The van der Waals surface area contributed by atoms with Crippen molar-refractivity contribution in [2.24, 2.45) is 0 Å². The predicted octanol–water partition coefficient (Wildman–Crippen LogP) is 3.98. The van der Waals surface area contributed by atoms with Crippen molar-refractivity contribution in [2.75, 3.05) is 5.32 Å². The Balaban J connectivity index is 1.93. The molecule has 1 aliphatic heterocycles. The van der Waals surface area contributed by atoms with Gasteiger partial charge in [0.2, 0.25) is 0 Å². The summed E-state index contributed by atoms with van der Waals surface area (Å²) in [4.78, 5) is 0. The van der Waals surface area contributed by atoms with E-state index >= 15 is 0 Å². The minimum Gasteiger partial charge on any atom is -0.378 e. The summed E-state index contributed by atoms with van der Waals surface area (Å²) in [6, 6.07) is 9.80. The van der Waals surface area contributed by atoms with Crippen molar-refractivity contribution in [1.82, 2.24) is 0 Å². The van der Waals surface area contributed by atoms with Crippen LogP contribution in [-0.4, -0.2) is 0 Å². The van der Waals surface area contributed by atoms with E-state index in [1.54, 1.807) is 0 Å². The van der Waals surface area contributed by atoms with E-state index in [0.29, 0.717) is 5.56 Å². The summed E-state index contributed by atoms with van der Waals surface area (Å²) in [5, 5.41) is 3.31. The van der Waals surface area contributed by atoms with Crippen LogP contribution in [0, 0.1) is 18.6 Å². The Bertz CT molecular complexity index is 587. The molecule has 2 aromatic carbocycles. The molecule has 1 atom stereocenters. The van der Waals surface area contributed by atoms with Crippen molar-refractivity contribution in [1.29, 1.82) is 0 Å². The highest BCUT2D eigenvalue weighted by Crippen LogP contribution is 2.35. The van der Waals surface area contributed by atoms with Crippen LogP contribution in [0.3, 0.4) is 0 Å². The number of hydrogen-bond acceptors (Lipinski definition) is 1. The Kier molecular flexibility index (Phi) is 2.54. The van der Waals surface area contributed by atoms with Gasteiger partial charge in [0.1, 0.15) is 11.6 Å². The van der Waals surface area contributed by atoms with E-state index in [1.165, 1.54) is 23.3 Å². The summed E-state index contributed by atoms with van der Waals surface area (Å²) in [6.07, 6.45) is 0.762. The molecule has 0 fully saturated rings. The molecule has 0 spiro atoms. The maximum Gasteiger partial charge on any atom is 0.126 e. The summed E-state index contributed by atoms with van der Waals surface area (Å²) in [5.41, 5.74) is 4.08. The SMILES string of the molecule is Cc1ccc2c(c1)NC(c1cc(F)cc(F)c1)C2. The minimum atomic E-state index is -0.529. The number of aryl methyl sites for hydroxylation is 1. The fourth-order valence-electron chi connectivity index (χ4n) is 2.44. The molecule has 1 aliphatic rings. The molecule has 3 rings (SSSR count). The van der Waals surface area contributed by atoms with Crippen LogP contribution in [0.1, 0.15) is 22.7 Å². The number of fused-ring (bicyclic) bond motifs is 1. The average molecular weight is 245 g/mol. The van der Waals surface area contributed by atoms with E-state index in [4.69, 9.17) is 0 Å². The zero-order chi connectivity index (χ0) is 12.7. The maximum absolute atomic E-state index is 13.2. The first-order valence-electron chi connectivity index (χ1n) is 5.94. The van der Waals surface area contributed by atoms with Gasteiger partial charge in [-0.25, -0.2) is 8.78 Å². The number of anilines is 1. The highest BCUT2D eigenvalue weighted by Gasteiger charge is 2.22. The maximum atomic E-state index is 13.2. The first-order chi connectivity index (χ1) is 8.61. The summed E-state index contributed by atoms with van der Waals surface area (Å²) < 4.78 is 26.4. The molecule has 0 saturated heterocycles. The van der Waals surface area contributed by atoms with Crippen molar-refractivity contribution in [3.05, 3.63) is 64.7 Å². The second-order valence-corrected chi connectivity index (χ2v) is 4.76. The predicted molar refractivity (Wildman–Crippen MR) is 67.6 cm³/mol. The molecule has 0 bridgehead atoms. The third-order valence-corrected chi connectivity index (χ3v) is 3.31. The van der Waals surface area contributed by atoms with Crippen LogP contribution in [-0.2, 0) is 6.42 Å². The molecule has 0 aliphatic carbocycles. The molecule has 1 unspecified atom stereocenters. The number of rotatable bonds is 1. The Morgan fingerprint density at radius 3 is 2.50 bits per heavy atom. The van der Waals surface area contributed by atoms with Crippen molar-refractivity contribution in [3.63, 3.8) is 0 Å². The van der Waals surface area contributed by atoms with E-state index in [1.807, 2.05) is 6.92 Å². The van der Waals surface area contributed by atoms with Crippen LogP contribution in [0.5, 0.6) is 0 Å². The minimum absolute atomic E-state index is 0.0491. The summed E-state index contributed by atoms with van der Waals surface area (Å²) in [6.45, 7) is 2.02. The second-order valence-electron chi connectivity index (χ2n) is 4.76. The largest absolute Gasteiger partial charge is 0.378 e. The molecule has 0 amide bonds. The van der Waals surface area contributed by atoms with Gasteiger partial charge in [-0.05, 0) is 48.2 Å². The molecule has 2 aromatic rings. The summed E-state index contributed by atoms with van der Waals surface area (Å²) in [5.74, 6) is -1.06. The van der Waals surface area contributed by atoms with E-state index in [2.05, 4.69) is 23.5 Å². The van der Waals surface area contributed by atoms with E-state index in [-0.39, 0.29) is 6.04 Å². The van der Waals surface area contributed by atoms with Gasteiger partial charge in [-0.2, -0.15) is 0 Å². The zero-order valence-corrected chi connectivity index (χ0v) is 10.0. The van der Waals surface area contributed by atoms with Gasteiger partial charge in [-0.15, -0.1) is 0 Å². The average Bonchev–Trinajstić information content (AvgIpc) is 2.70. The topological polar surface area (TPSA) is 12.0 Å². The normalized spacial score (nSPS) is 17.4. The number of nitrogens with one attached hydrogen (secondary N) is 1. The van der Waals surface area contributed by atoms with Crippen LogP contribution < -0.4 is 5.32 Å². The second kappa shape index (κ2) is 4.09. The Hall–Kier alpha value is -1.90. The Morgan fingerprint density at radius 1 is 1.06 bits per heavy atom. The first kappa shape index (κ1) is 11.2. The summed E-state index contributed by atoms with van der Waals surface area (Å²) >= 11 is 0. The van der Waals surface area contributed by atoms with Gasteiger partial charge in [-0.3, -0.25) is 0 Å². The van der Waals surface area contributed by atoms with Crippen molar-refractivity contribution < 1.29 is 8.78 Å². The van der Waals surface area contributed by atoms with Crippen LogP contribution in [0.15, 0.2) is 36.4 Å². The molecular formula is C15H13F2N. The molecule has 3 heteroatoms. The molecule has 18 heavy (non-hydrogen) atoms. The monoisotopic (exact) mass is 245 g/mol. The Morgan fingerprint density at radius 2 is 1.78 bits per heavy atom. The van der Waals surface area contributed by atoms with Gasteiger partial charge in [-0.1, -0.05) is 12.1 Å². The van der Waals surface area contributed by atoms with Gasteiger partial charge in [0, 0.05) is 11.8 Å². The van der Waals surface area contributed by atoms with Gasteiger partial charge in [0.15, 0.2) is 0 Å². The molecule has 0 aromatic heterocycles. The standard InChI is InChI=1S/C15H13F2N/c1-9-2-3-10-7-15(18-14(10)4-9)11-5-12(16)8-13(17)6-11/h2-6,8,15,18H,7H2,1H3. The molecular weight excluding hydrogens is 232 g/mol. The number of benzene rings is 2. The summed E-state index contributed by atoms with van der Waals surface area (Å²) in [7, 11) is 0. The highest BCUT2D eigenvalue weighted by atomic mass is 19.1. The van der Waals surface area contributed by atoms with Crippen LogP contribution >= 0.6 is 0 Å². The molecule has 92 valence electrons. The van der Waals surface area contributed by atoms with Crippen LogP contribution in [0.4, 0.5) is 14.5 Å². The fourth-order valence-corrected chi connectivity index (χ4v) is 2.44. The Labute approximate surface area is 104 Å². The van der Waals surface area contributed by atoms with Crippen molar-refractivity contribution in [3.8, 4) is 0 Å². The first-order valence-corrected chi connectivity index (χ1v) is 5.94. The van der Waals surface area contributed by atoms with E-state index < -0.39 is 11.6 Å². The van der Waals surface area contributed by atoms with Crippen LogP contribution in [0.25, 0.3) is 0 Å². The third kappa shape index (κ3) is 1.96. The van der Waals surface area contributed by atoms with Gasteiger partial charge in [0.05, 0.1) is 6.04 Å². The smallest absolute Gasteiger partial charge is 0.126 e. The number of halogens is 2. The van der Waals surface area contributed by atoms with Gasteiger partial charge in [0.25, 0.3) is 0 Å². The lowest BCUT2D eigenvalue weighted by Crippen LogP contribution is -2.06. The highest BCUT2D eigenvalue weighted by molar-refractivity contribution is 5.59. The van der Waals surface area contributed by atoms with Crippen molar-refractivity contribution >= 4 is 5.69 Å². The molecule has 1 nitrogen and oxygen atoms in total. The van der Waals surface area contributed by atoms with E-state index in [0.717, 1.165) is 18.2 Å². The zero-order valence-electron chi connectivity index (χ0n) is 10.0. The third-order valence-electron chi connectivity index (χ3n) is 3.31. The quantitative estimate of drug-likeness (QED) is 0.801. The van der Waals surface area contributed by atoms with Crippen molar-refractivity contribution in [2.45, 2.75) is 19.4 Å². The molecule has 0 saturated carbocycles. The number of hydrogen-bond donors (Lipinski definition) is 1. The fraction of sp³-hybridized carbons (Fsp3) is 0.200. The van der Waals surface area contributed by atoms with E-state index in [9.17, 15) is 8.78 Å².